The first-order chi connectivity index (χ1) is 9.00. The van der Waals surface area contributed by atoms with Gasteiger partial charge in [0.15, 0.2) is 0 Å². The minimum Gasteiger partial charge on any atom is -0.361 e. The molecule has 1 heterocycles. The van der Waals surface area contributed by atoms with Crippen LogP contribution in [0.5, 0.6) is 0 Å². The first kappa shape index (κ1) is 13.5. The maximum Gasteiger partial charge on any atom is 0.257 e. The summed E-state index contributed by atoms with van der Waals surface area (Å²) >= 11 is 5.88. The van der Waals surface area contributed by atoms with Crippen LogP contribution in [0.1, 0.15) is 27.4 Å². The second-order valence-electron chi connectivity index (χ2n) is 4.08. The molecule has 0 aliphatic heterocycles. The highest BCUT2D eigenvalue weighted by molar-refractivity contribution is 6.31. The number of benzene rings is 1. The fourth-order valence-electron chi connectivity index (χ4n) is 1.77. The summed E-state index contributed by atoms with van der Waals surface area (Å²) in [5, 5.41) is 6.57. The van der Waals surface area contributed by atoms with Crippen LogP contribution in [0.2, 0.25) is 5.02 Å². The van der Waals surface area contributed by atoms with Crippen LogP contribution in [0.15, 0.2) is 22.7 Å². The van der Waals surface area contributed by atoms with Gasteiger partial charge in [0.25, 0.3) is 5.91 Å². The molecule has 0 aliphatic carbocycles. The number of hydrogen-bond acceptors (Lipinski definition) is 3. The van der Waals surface area contributed by atoms with E-state index >= 15 is 0 Å². The van der Waals surface area contributed by atoms with Crippen molar-refractivity contribution in [2.75, 3.05) is 0 Å². The van der Waals surface area contributed by atoms with Crippen molar-refractivity contribution in [1.29, 1.82) is 0 Å². The van der Waals surface area contributed by atoms with Gasteiger partial charge < -0.3 is 9.84 Å². The first-order valence-electron chi connectivity index (χ1n) is 5.64. The Morgan fingerprint density at radius 3 is 2.79 bits per heavy atom. The summed E-state index contributed by atoms with van der Waals surface area (Å²) in [7, 11) is 0. The summed E-state index contributed by atoms with van der Waals surface area (Å²) in [4.78, 5) is 12.0. The zero-order valence-electron chi connectivity index (χ0n) is 10.5. The quantitative estimate of drug-likeness (QED) is 0.941. The van der Waals surface area contributed by atoms with Gasteiger partial charge in [-0.2, -0.15) is 0 Å². The number of carbonyl (C=O) groups is 1. The molecule has 0 aliphatic rings. The molecule has 0 atom stereocenters. The Morgan fingerprint density at radius 2 is 2.21 bits per heavy atom. The molecule has 19 heavy (non-hydrogen) atoms. The molecule has 0 fully saturated rings. The normalized spacial score (nSPS) is 10.5. The van der Waals surface area contributed by atoms with E-state index in [9.17, 15) is 9.18 Å². The summed E-state index contributed by atoms with van der Waals surface area (Å²) in [5.41, 5.74) is 1.12. The summed E-state index contributed by atoms with van der Waals surface area (Å²) in [5.74, 6) is -0.392. The Bertz CT molecular complexity index is 585. The van der Waals surface area contributed by atoms with Crippen molar-refractivity contribution in [3.63, 3.8) is 0 Å². The average Bonchev–Trinajstić information content (AvgIpc) is 2.68. The Balaban J connectivity index is 2.13. The summed E-state index contributed by atoms with van der Waals surface area (Å²) in [6, 6.07) is 4.38. The lowest BCUT2D eigenvalue weighted by Gasteiger charge is -2.07. The van der Waals surface area contributed by atoms with E-state index in [1.54, 1.807) is 19.9 Å². The maximum atomic E-state index is 13.5. The van der Waals surface area contributed by atoms with E-state index in [1.807, 2.05) is 0 Å². The van der Waals surface area contributed by atoms with Crippen molar-refractivity contribution in [2.45, 2.75) is 20.4 Å². The van der Waals surface area contributed by atoms with Gasteiger partial charge in [-0.05, 0) is 26.0 Å². The Hall–Kier alpha value is -1.88. The van der Waals surface area contributed by atoms with Crippen LogP contribution in [-0.4, -0.2) is 11.1 Å². The van der Waals surface area contributed by atoms with Crippen molar-refractivity contribution < 1.29 is 13.7 Å². The largest absolute Gasteiger partial charge is 0.361 e. The highest BCUT2D eigenvalue weighted by atomic mass is 35.5. The predicted octanol–water partition coefficient (Wildman–Crippen LogP) is 3.01. The lowest BCUT2D eigenvalue weighted by atomic mass is 10.1. The molecule has 2 aromatic rings. The number of rotatable bonds is 3. The highest BCUT2D eigenvalue weighted by Gasteiger charge is 2.18. The molecule has 1 amide bonds. The average molecular weight is 283 g/mol. The van der Waals surface area contributed by atoms with Gasteiger partial charge in [0.1, 0.15) is 17.1 Å². The molecule has 0 unspecified atom stereocenters. The van der Waals surface area contributed by atoms with Gasteiger partial charge in [0.05, 0.1) is 5.69 Å². The van der Waals surface area contributed by atoms with Crippen LogP contribution in [0.25, 0.3) is 0 Å². The molecular weight excluding hydrogens is 271 g/mol. The van der Waals surface area contributed by atoms with E-state index in [-0.39, 0.29) is 23.0 Å². The van der Waals surface area contributed by atoms with E-state index < -0.39 is 5.82 Å². The topological polar surface area (TPSA) is 55.1 Å². The maximum absolute atomic E-state index is 13.5. The predicted molar refractivity (Wildman–Crippen MR) is 68.6 cm³/mol. The van der Waals surface area contributed by atoms with Gasteiger partial charge in [-0.3, -0.25) is 4.79 Å². The van der Waals surface area contributed by atoms with Crippen molar-refractivity contribution in [3.8, 4) is 0 Å². The Labute approximate surface area is 114 Å². The van der Waals surface area contributed by atoms with Crippen LogP contribution in [-0.2, 0) is 6.54 Å². The number of hydrogen-bond donors (Lipinski definition) is 1. The fourth-order valence-corrected chi connectivity index (χ4v) is 2.00. The fraction of sp³-hybridized carbons (Fsp3) is 0.231. The zero-order chi connectivity index (χ0) is 14.0. The highest BCUT2D eigenvalue weighted by Crippen LogP contribution is 2.19. The summed E-state index contributed by atoms with van der Waals surface area (Å²) < 4.78 is 18.4. The Kier molecular flexibility index (Phi) is 3.85. The van der Waals surface area contributed by atoms with Crippen molar-refractivity contribution in [3.05, 3.63) is 51.6 Å². The molecule has 0 bridgehead atoms. The molecule has 0 spiro atoms. The molecular formula is C13H12ClFN2O2. The molecule has 6 heteroatoms. The third-order valence-electron chi connectivity index (χ3n) is 2.75. The second kappa shape index (κ2) is 5.40. The van der Waals surface area contributed by atoms with Crippen molar-refractivity contribution in [1.82, 2.24) is 10.5 Å². The molecule has 0 radical (unpaired) electrons. The Morgan fingerprint density at radius 1 is 1.47 bits per heavy atom. The molecule has 1 aromatic carbocycles. The van der Waals surface area contributed by atoms with Crippen LogP contribution in [0, 0.1) is 19.7 Å². The van der Waals surface area contributed by atoms with Crippen molar-refractivity contribution in [2.24, 2.45) is 0 Å². The zero-order valence-corrected chi connectivity index (χ0v) is 11.2. The van der Waals surface area contributed by atoms with Gasteiger partial charge in [0.2, 0.25) is 0 Å². The van der Waals surface area contributed by atoms with Gasteiger partial charge in [0, 0.05) is 17.1 Å². The SMILES string of the molecule is Cc1noc(C)c1C(=O)NCc1c(F)cccc1Cl. The monoisotopic (exact) mass is 282 g/mol. The number of aryl methyl sites for hydroxylation is 2. The molecule has 2 rings (SSSR count). The third kappa shape index (κ3) is 2.76. The summed E-state index contributed by atoms with van der Waals surface area (Å²) in [6.45, 7) is 3.32. The molecule has 1 N–H and O–H groups in total. The summed E-state index contributed by atoms with van der Waals surface area (Å²) in [6.07, 6.45) is 0. The smallest absolute Gasteiger partial charge is 0.257 e. The molecule has 1 aromatic heterocycles. The van der Waals surface area contributed by atoms with Crippen LogP contribution in [0.3, 0.4) is 0 Å². The van der Waals surface area contributed by atoms with Gasteiger partial charge >= 0.3 is 0 Å². The van der Waals surface area contributed by atoms with Gasteiger partial charge in [-0.25, -0.2) is 4.39 Å². The lowest BCUT2D eigenvalue weighted by Crippen LogP contribution is -2.24. The first-order valence-corrected chi connectivity index (χ1v) is 6.02. The molecule has 0 saturated heterocycles. The van der Waals surface area contributed by atoms with Gasteiger partial charge in [-0.1, -0.05) is 22.8 Å². The van der Waals surface area contributed by atoms with Crippen LogP contribution in [0.4, 0.5) is 4.39 Å². The number of carbonyl (C=O) groups excluding carboxylic acids is 1. The second-order valence-corrected chi connectivity index (χ2v) is 4.49. The number of aromatic nitrogens is 1. The van der Waals surface area contributed by atoms with E-state index in [0.29, 0.717) is 17.0 Å². The number of amides is 1. The van der Waals surface area contributed by atoms with E-state index in [4.69, 9.17) is 16.1 Å². The standard InChI is InChI=1S/C13H12ClFN2O2/c1-7-12(8(2)19-17-7)13(18)16-6-9-10(14)4-3-5-11(9)15/h3-5H,6H2,1-2H3,(H,16,18). The lowest BCUT2D eigenvalue weighted by molar-refractivity contribution is 0.0948. The number of halogens is 2. The van der Waals surface area contributed by atoms with E-state index in [1.165, 1.54) is 12.1 Å². The molecule has 0 saturated carbocycles. The number of nitrogens with zero attached hydrogens (tertiary/aromatic N) is 1. The van der Waals surface area contributed by atoms with E-state index in [0.717, 1.165) is 0 Å². The molecule has 4 nitrogen and oxygen atoms in total. The number of nitrogens with one attached hydrogen (secondary N) is 1. The molecule has 100 valence electrons. The minimum absolute atomic E-state index is 0.00833. The van der Waals surface area contributed by atoms with Crippen LogP contribution >= 0.6 is 11.6 Å². The van der Waals surface area contributed by atoms with E-state index in [2.05, 4.69) is 10.5 Å². The third-order valence-corrected chi connectivity index (χ3v) is 3.10. The van der Waals surface area contributed by atoms with Crippen LogP contribution < -0.4 is 5.32 Å². The van der Waals surface area contributed by atoms with Gasteiger partial charge in [-0.15, -0.1) is 0 Å². The minimum atomic E-state index is -0.452. The van der Waals surface area contributed by atoms with Crippen molar-refractivity contribution >= 4 is 17.5 Å².